The molecule has 0 amide bonds. The second kappa shape index (κ2) is 46.2. The van der Waals surface area contributed by atoms with Gasteiger partial charge in [-0.2, -0.15) is 0 Å². The highest BCUT2D eigenvalue weighted by Crippen LogP contribution is 2.50. The average molecular weight is 1430 g/mol. The lowest BCUT2D eigenvalue weighted by molar-refractivity contribution is 0.151. The summed E-state index contributed by atoms with van der Waals surface area (Å²) in [5.41, 5.74) is 6.56. The fraction of sp³-hybridized carbons (Fsp3) is 0.743. The molecule has 0 unspecified atom stereocenters. The van der Waals surface area contributed by atoms with Gasteiger partial charge in [-0.3, -0.25) is 0 Å². The second-order valence-corrected chi connectivity index (χ2v) is 37.2. The van der Waals surface area contributed by atoms with Crippen molar-refractivity contribution >= 4 is 0 Å². The lowest BCUT2D eigenvalue weighted by Crippen LogP contribution is -2.25. The highest BCUT2D eigenvalue weighted by Gasteiger charge is 2.36. The van der Waals surface area contributed by atoms with Crippen molar-refractivity contribution < 1.29 is 13.2 Å². The lowest BCUT2D eigenvalue weighted by Gasteiger charge is -2.38. The van der Waals surface area contributed by atoms with Crippen molar-refractivity contribution in [3.05, 3.63) is 157 Å². The number of allylic oxidation sites excluding steroid dienone is 4. The van der Waals surface area contributed by atoms with E-state index in [-0.39, 0.29) is 5.92 Å². The number of rotatable bonds is 22. The second-order valence-electron chi connectivity index (χ2n) is 37.2. The SMILES string of the molecule is C=CC1CCC(C2CCC(CCC)CC2)CC1.C=CC1CCC(C2CCC(CCCCC)CC2)CC1.C=CC1CCC(C2CCC(c3ccc(C)cc3)CC2)CC1.C=CCCC1CCC(C2CCC(c3ccc(C)cc3)CC2)CC1.CCCC1CCC(C2CCC(c3cc(F)c(F)c(F)c3)CC2)CC1. The Morgan fingerprint density at radius 2 is 0.538 bits per heavy atom. The monoisotopic (exact) mass is 1430 g/mol. The van der Waals surface area contributed by atoms with E-state index in [1.165, 1.54) is 306 Å². The maximum Gasteiger partial charge on any atom is 0.194 e. The Morgan fingerprint density at radius 3 is 0.798 bits per heavy atom. The third kappa shape index (κ3) is 27.2. The Hall–Kier alpha value is -3.59. The maximum absolute atomic E-state index is 13.4. The molecule has 0 bridgehead atoms. The maximum atomic E-state index is 13.4. The van der Waals surface area contributed by atoms with E-state index in [4.69, 9.17) is 0 Å². The molecule has 0 nitrogen and oxygen atoms in total. The van der Waals surface area contributed by atoms with Crippen molar-refractivity contribution in [1.82, 2.24) is 0 Å². The molecule has 0 spiro atoms. The van der Waals surface area contributed by atoms with Gasteiger partial charge in [-0.05, 0) is 379 Å². The van der Waals surface area contributed by atoms with Crippen LogP contribution in [0.2, 0.25) is 0 Å². The molecule has 582 valence electrons. The van der Waals surface area contributed by atoms with E-state index < -0.39 is 17.5 Å². The summed E-state index contributed by atoms with van der Waals surface area (Å²) in [4.78, 5) is 0. The molecule has 10 aliphatic carbocycles. The van der Waals surface area contributed by atoms with Crippen LogP contribution < -0.4 is 0 Å². The molecule has 0 saturated heterocycles. The molecule has 10 saturated carbocycles. The molecule has 3 aromatic carbocycles. The van der Waals surface area contributed by atoms with Gasteiger partial charge in [0.2, 0.25) is 0 Å². The van der Waals surface area contributed by atoms with Crippen LogP contribution in [0.15, 0.2) is 111 Å². The predicted molar refractivity (Wildman–Crippen MR) is 445 cm³/mol. The summed E-state index contributed by atoms with van der Waals surface area (Å²) >= 11 is 0. The zero-order valence-corrected chi connectivity index (χ0v) is 67.9. The Balaban J connectivity index is 0.000000152. The van der Waals surface area contributed by atoms with E-state index >= 15 is 0 Å². The van der Waals surface area contributed by atoms with E-state index in [1.54, 1.807) is 24.0 Å². The Morgan fingerprint density at radius 1 is 0.288 bits per heavy atom. The minimum atomic E-state index is -1.35. The van der Waals surface area contributed by atoms with Crippen molar-refractivity contribution in [3.8, 4) is 0 Å². The van der Waals surface area contributed by atoms with Crippen molar-refractivity contribution in [3.63, 3.8) is 0 Å². The van der Waals surface area contributed by atoms with Crippen LogP contribution >= 0.6 is 0 Å². The molecule has 3 heteroatoms. The first-order valence-electron chi connectivity index (χ1n) is 45.5. The summed E-state index contributed by atoms with van der Waals surface area (Å²) in [5.74, 6) is 14.9. The third-order valence-corrected chi connectivity index (χ3v) is 30.6. The van der Waals surface area contributed by atoms with Gasteiger partial charge in [0.25, 0.3) is 0 Å². The van der Waals surface area contributed by atoms with E-state index in [2.05, 4.69) is 134 Å². The summed E-state index contributed by atoms with van der Waals surface area (Å²) in [6.07, 6.45) is 79.5. The van der Waals surface area contributed by atoms with Crippen molar-refractivity contribution in [2.75, 3.05) is 0 Å². The van der Waals surface area contributed by atoms with Crippen LogP contribution in [0.5, 0.6) is 0 Å². The van der Waals surface area contributed by atoms with Crippen LogP contribution in [0.1, 0.15) is 387 Å². The van der Waals surface area contributed by atoms with E-state index in [1.807, 2.05) is 0 Å². The van der Waals surface area contributed by atoms with Gasteiger partial charge < -0.3 is 0 Å². The first-order valence-corrected chi connectivity index (χ1v) is 45.5. The number of hydrogen-bond acceptors (Lipinski definition) is 0. The number of hydrogen-bond donors (Lipinski definition) is 0. The molecule has 0 N–H and O–H groups in total. The van der Waals surface area contributed by atoms with Gasteiger partial charge in [0, 0.05) is 0 Å². The van der Waals surface area contributed by atoms with E-state index in [9.17, 15) is 13.2 Å². The molecule has 0 aromatic heterocycles. The molecule has 10 aliphatic rings. The van der Waals surface area contributed by atoms with Crippen LogP contribution in [0.4, 0.5) is 13.2 Å². The minimum absolute atomic E-state index is 0.183. The van der Waals surface area contributed by atoms with Gasteiger partial charge in [0.1, 0.15) is 0 Å². The molecule has 0 heterocycles. The summed E-state index contributed by atoms with van der Waals surface area (Å²) in [5, 5.41) is 0. The number of halogens is 3. The average Bonchev–Trinajstić information content (AvgIpc) is 0.831. The van der Waals surface area contributed by atoms with Gasteiger partial charge >= 0.3 is 0 Å². The third-order valence-electron chi connectivity index (χ3n) is 30.6. The smallest absolute Gasteiger partial charge is 0.194 e. The van der Waals surface area contributed by atoms with Gasteiger partial charge in [0.05, 0.1) is 0 Å². The molecule has 10 fully saturated rings. The van der Waals surface area contributed by atoms with Gasteiger partial charge in [-0.15, -0.1) is 26.3 Å². The summed E-state index contributed by atoms with van der Waals surface area (Å²) in [6, 6.07) is 21.0. The lowest BCUT2D eigenvalue weighted by atomic mass is 9.68. The van der Waals surface area contributed by atoms with Crippen LogP contribution in [0.3, 0.4) is 0 Å². The van der Waals surface area contributed by atoms with Gasteiger partial charge in [0.15, 0.2) is 17.5 Å². The molecule has 0 atom stereocenters. The molecular weight excluding hydrogens is 1270 g/mol. The first-order chi connectivity index (χ1) is 50.8. The first kappa shape index (κ1) is 84.4. The fourth-order valence-corrected chi connectivity index (χ4v) is 23.5. The normalized spacial score (nSPS) is 33.9. The van der Waals surface area contributed by atoms with Crippen molar-refractivity contribution in [2.24, 2.45) is 101 Å². The topological polar surface area (TPSA) is 0 Å². The summed E-state index contributed by atoms with van der Waals surface area (Å²) in [6.45, 7) is 27.1. The molecular formula is C101H157F3. The molecule has 13 rings (SSSR count). The number of benzene rings is 3. The van der Waals surface area contributed by atoms with Crippen LogP contribution in [0, 0.1) is 132 Å². The Kier molecular flexibility index (Phi) is 37.5. The molecule has 3 aromatic rings. The van der Waals surface area contributed by atoms with Gasteiger partial charge in [-0.1, -0.05) is 207 Å². The number of unbranched alkanes of at least 4 members (excludes halogenated alkanes) is 2. The quantitative estimate of drug-likeness (QED) is 0.0534. The summed E-state index contributed by atoms with van der Waals surface area (Å²) in [7, 11) is 0. The van der Waals surface area contributed by atoms with Crippen LogP contribution in [-0.4, -0.2) is 0 Å². The standard InChI is InChI=1S/C23H34.C21H29F3.C21H30.C19H34.C17H30/c1-3-4-5-19-8-12-21(13-9-19)23-16-14-22(15-17-23)20-10-6-18(2)7-11-20;1-2-3-14-4-6-15(7-5-14)16-8-10-17(11-9-16)18-12-19(22)21(24)20(23)13-18;1-3-17-6-10-19(11-7-17)21-14-12-20(13-15-21)18-8-4-16(2)5-9-18;1-3-5-6-7-17-10-14-19(15-11-17)18-12-8-16(4-2)9-13-18;1-3-5-15-8-12-17(13-9-15)16-10-6-14(4-2)7-11-16/h3,6-7,10-11,19,21-23H,1,4-5,8-9,12-17H2,2H3;12-17H,2-11H2,1H3;3-5,8-9,17,19-21H,1,6-7,10-15H2,2H3;4,16-19H,2-3,5-15H2,1H3;4,14-17H,2-3,5-13H2,1H3. The van der Waals surface area contributed by atoms with Crippen molar-refractivity contribution in [1.29, 1.82) is 0 Å². The predicted octanol–water partition coefficient (Wildman–Crippen LogP) is 32.2. The van der Waals surface area contributed by atoms with Crippen molar-refractivity contribution in [2.45, 2.75) is 373 Å². The van der Waals surface area contributed by atoms with Gasteiger partial charge in [-0.25, -0.2) is 13.2 Å². The highest BCUT2D eigenvalue weighted by atomic mass is 19.2. The zero-order valence-electron chi connectivity index (χ0n) is 67.9. The fourth-order valence-electron chi connectivity index (χ4n) is 23.5. The number of aryl methyl sites for hydroxylation is 2. The Labute approximate surface area is 640 Å². The summed E-state index contributed by atoms with van der Waals surface area (Å²) < 4.78 is 40.0. The highest BCUT2D eigenvalue weighted by molar-refractivity contribution is 5.27. The minimum Gasteiger partial charge on any atom is -0.204 e. The molecule has 104 heavy (non-hydrogen) atoms. The largest absolute Gasteiger partial charge is 0.204 e. The van der Waals surface area contributed by atoms with E-state index in [0.29, 0.717) is 5.56 Å². The van der Waals surface area contributed by atoms with Crippen LogP contribution in [0.25, 0.3) is 0 Å². The van der Waals surface area contributed by atoms with Crippen LogP contribution in [-0.2, 0) is 0 Å². The Bertz CT molecular complexity index is 2760. The van der Waals surface area contributed by atoms with E-state index in [0.717, 1.165) is 138 Å². The molecule has 0 aliphatic heterocycles. The molecule has 0 radical (unpaired) electrons. The zero-order chi connectivity index (χ0) is 73.4.